The second-order valence-electron chi connectivity index (χ2n) is 8.03. The molecule has 200 valence electrons. The number of hydroxylamine groups is 1. The van der Waals surface area contributed by atoms with E-state index in [-0.39, 0.29) is 70.8 Å². The molecule has 0 bridgehead atoms. The largest absolute Gasteiger partial charge is 1.00 e. The summed E-state index contributed by atoms with van der Waals surface area (Å²) >= 11 is 0. The van der Waals surface area contributed by atoms with Gasteiger partial charge in [0.15, 0.2) is 0 Å². The first-order valence-corrected chi connectivity index (χ1v) is 14.0. The van der Waals surface area contributed by atoms with E-state index in [4.69, 9.17) is 0 Å². The number of carbonyl (C=O) groups is 3. The van der Waals surface area contributed by atoms with Crippen LogP contribution in [0.2, 0.25) is 0 Å². The van der Waals surface area contributed by atoms with Crippen molar-refractivity contribution in [2.75, 3.05) is 5.75 Å². The number of carboxylic acids is 2. The van der Waals surface area contributed by atoms with Crippen LogP contribution in [0.4, 0.5) is 0 Å². The maximum Gasteiger partial charge on any atom is 1.00 e. The quantitative estimate of drug-likeness (QED) is 0.0674. The minimum atomic E-state index is -3.61. The summed E-state index contributed by atoms with van der Waals surface area (Å²) in [5.74, 6) is -3.26. The van der Waals surface area contributed by atoms with Crippen LogP contribution in [0.5, 0.6) is 0 Å². The molecule has 12 heteroatoms. The molecule has 0 aliphatic heterocycles. The number of hydrogen-bond donors (Lipinski definition) is 1. The molecule has 0 spiro atoms. The molecule has 0 aromatic heterocycles. The second kappa shape index (κ2) is 31.3. The molecule has 1 amide bonds. The molecule has 0 aliphatic carbocycles. The summed E-state index contributed by atoms with van der Waals surface area (Å²) in [5, 5.41) is 19.0. The van der Waals surface area contributed by atoms with Crippen LogP contribution >= 0.6 is 0 Å². The fourth-order valence-corrected chi connectivity index (χ4v) is 3.12. The predicted molar refractivity (Wildman–Crippen MR) is 127 cm³/mol. The summed E-state index contributed by atoms with van der Waals surface area (Å²) in [6, 6.07) is 0. The molecule has 1 N–H and O–H groups in total. The van der Waals surface area contributed by atoms with Gasteiger partial charge in [0.25, 0.3) is 10.1 Å². The van der Waals surface area contributed by atoms with E-state index in [1.54, 1.807) is 0 Å². The van der Waals surface area contributed by atoms with Gasteiger partial charge in [0.05, 0.1) is 5.75 Å². The van der Waals surface area contributed by atoms with E-state index in [0.29, 0.717) is 6.42 Å². The van der Waals surface area contributed by atoms with Gasteiger partial charge in [-0.1, -0.05) is 70.4 Å². The molecule has 0 fully saturated rings. The number of hydrogen-bond acceptors (Lipinski definition) is 8. The summed E-state index contributed by atoms with van der Waals surface area (Å²) in [4.78, 5) is 30.4. The summed E-state index contributed by atoms with van der Waals surface area (Å²) in [7, 11) is -3.61. The summed E-state index contributed by atoms with van der Waals surface area (Å²) in [6.07, 6.45) is 19.6. The summed E-state index contributed by atoms with van der Waals surface area (Å²) in [6.45, 7) is 3.71. The number of unbranched alkanes of at least 4 members (excludes halogenated alkanes) is 11. The SMILES string of the molecule is CCCCCCCC/C=C\CCCCCCCC(=O)NOS(=O)(=O)CC.O=C([O-])CCC(=O)[O-].[Na+].[Na+]. The van der Waals surface area contributed by atoms with Crippen molar-refractivity contribution in [3.05, 3.63) is 12.2 Å². The van der Waals surface area contributed by atoms with Gasteiger partial charge in [-0.15, -0.1) is 4.28 Å². The zero-order valence-electron chi connectivity index (χ0n) is 22.8. The molecule has 0 saturated heterocycles. The molecule has 0 aromatic rings. The van der Waals surface area contributed by atoms with Crippen LogP contribution in [-0.2, 0) is 28.8 Å². The van der Waals surface area contributed by atoms with E-state index < -0.39 is 34.9 Å². The van der Waals surface area contributed by atoms with Crippen LogP contribution in [0.1, 0.15) is 117 Å². The number of nitrogens with one attached hydrogen (secondary N) is 1. The zero-order valence-corrected chi connectivity index (χ0v) is 27.7. The normalized spacial score (nSPS) is 10.5. The van der Waals surface area contributed by atoms with Gasteiger partial charge in [-0.25, -0.2) is 5.48 Å². The first kappa shape index (κ1) is 43.1. The Balaban J connectivity index is -0.000000440. The first-order chi connectivity index (χ1) is 16.1. The molecule has 0 aliphatic rings. The van der Waals surface area contributed by atoms with Crippen LogP contribution in [0.25, 0.3) is 0 Å². The van der Waals surface area contributed by atoms with Crippen LogP contribution in [0, 0.1) is 0 Å². The number of aliphatic carboxylic acids is 2. The molecule has 0 unspecified atom stereocenters. The molecule has 36 heavy (non-hydrogen) atoms. The third-order valence-corrected chi connectivity index (χ3v) is 5.88. The Kier molecular flexibility index (Phi) is 37.5. The maximum absolute atomic E-state index is 11.4. The van der Waals surface area contributed by atoms with Gasteiger partial charge in [-0.05, 0) is 51.9 Å². The average Bonchev–Trinajstić information content (AvgIpc) is 2.79. The van der Waals surface area contributed by atoms with Gasteiger partial charge in [-0.3, -0.25) is 4.79 Å². The van der Waals surface area contributed by atoms with E-state index >= 15 is 0 Å². The van der Waals surface area contributed by atoms with Gasteiger partial charge < -0.3 is 19.8 Å². The third-order valence-electron chi connectivity index (χ3n) is 4.83. The Morgan fingerprint density at radius 2 is 1.11 bits per heavy atom. The van der Waals surface area contributed by atoms with Gasteiger partial charge in [0, 0.05) is 18.4 Å². The Bertz CT molecular complexity index is 659. The Labute approximate surface area is 262 Å². The minimum Gasteiger partial charge on any atom is -0.550 e. The van der Waals surface area contributed by atoms with Gasteiger partial charge in [-0.2, -0.15) is 8.42 Å². The molecular weight excluding hydrogens is 508 g/mol. The van der Waals surface area contributed by atoms with E-state index in [0.717, 1.165) is 25.7 Å². The Hall–Kier alpha value is 0.0600. The molecule has 0 radical (unpaired) electrons. The molecule has 0 atom stereocenters. The monoisotopic (exact) mass is 551 g/mol. The standard InChI is InChI=1S/C20H39NO4S.C4H6O4.2Na/c1-3-5-6-7-8-9-10-11-12-13-14-15-16-17-18-19-20(22)21-25-26(23,24)4-2;5-3(6)1-2-4(7)8;;/h11-12H,3-10,13-19H2,1-2H3,(H,21,22);1-2H2,(H,5,6)(H,7,8);;/q;;2*+1/p-2/b12-11-;;;. The zero-order chi connectivity index (χ0) is 26.1. The molecule has 0 rings (SSSR count). The Morgan fingerprint density at radius 1 is 0.694 bits per heavy atom. The van der Waals surface area contributed by atoms with Crippen molar-refractivity contribution < 1.29 is 96.4 Å². The van der Waals surface area contributed by atoms with Crippen molar-refractivity contribution in [2.45, 2.75) is 117 Å². The van der Waals surface area contributed by atoms with Crippen molar-refractivity contribution in [1.29, 1.82) is 0 Å². The van der Waals surface area contributed by atoms with Crippen molar-refractivity contribution in [1.82, 2.24) is 5.48 Å². The van der Waals surface area contributed by atoms with E-state index in [2.05, 4.69) is 23.4 Å². The third kappa shape index (κ3) is 38.6. The first-order valence-electron chi connectivity index (χ1n) is 12.4. The number of carbonyl (C=O) groups excluding carboxylic acids is 3. The molecular formula is C24H43NNa2O8S. The van der Waals surface area contributed by atoms with Crippen molar-refractivity contribution in [2.24, 2.45) is 0 Å². The van der Waals surface area contributed by atoms with Crippen LogP contribution < -0.4 is 74.8 Å². The van der Waals surface area contributed by atoms with Crippen LogP contribution in [0.3, 0.4) is 0 Å². The molecule has 0 saturated carbocycles. The van der Waals surface area contributed by atoms with Crippen LogP contribution in [0.15, 0.2) is 12.2 Å². The van der Waals surface area contributed by atoms with Gasteiger partial charge >= 0.3 is 59.1 Å². The van der Waals surface area contributed by atoms with E-state index in [1.165, 1.54) is 64.7 Å². The van der Waals surface area contributed by atoms with Crippen LogP contribution in [-0.4, -0.2) is 32.0 Å². The topological polar surface area (TPSA) is 153 Å². The maximum atomic E-state index is 11.4. The second-order valence-corrected chi connectivity index (χ2v) is 9.89. The van der Waals surface area contributed by atoms with Crippen molar-refractivity contribution in [3.8, 4) is 0 Å². The summed E-state index contributed by atoms with van der Waals surface area (Å²) < 4.78 is 26.5. The fourth-order valence-electron chi connectivity index (χ4n) is 2.78. The predicted octanol–water partition coefficient (Wildman–Crippen LogP) is -3.30. The minimum absolute atomic E-state index is 0. The Morgan fingerprint density at radius 3 is 1.53 bits per heavy atom. The molecule has 0 heterocycles. The van der Waals surface area contributed by atoms with Crippen molar-refractivity contribution >= 4 is 28.0 Å². The average molecular weight is 552 g/mol. The number of carboxylic acid groups (broad SMARTS) is 2. The number of rotatable bonds is 21. The number of allylic oxidation sites excluding steroid dienone is 2. The van der Waals surface area contributed by atoms with Gasteiger partial charge in [0.1, 0.15) is 0 Å². The van der Waals surface area contributed by atoms with E-state index in [1.807, 2.05) is 5.48 Å². The fraction of sp³-hybridized carbons (Fsp3) is 0.792. The van der Waals surface area contributed by atoms with Crippen molar-refractivity contribution in [3.63, 3.8) is 0 Å². The van der Waals surface area contributed by atoms with Gasteiger partial charge in [0.2, 0.25) is 5.91 Å². The summed E-state index contributed by atoms with van der Waals surface area (Å²) in [5.41, 5.74) is 1.99. The van der Waals surface area contributed by atoms with E-state index in [9.17, 15) is 33.0 Å². The molecule has 9 nitrogen and oxygen atoms in total. The smallest absolute Gasteiger partial charge is 0.550 e. The number of amides is 1. The molecule has 0 aromatic carbocycles.